The quantitative estimate of drug-likeness (QED) is 0.461. The number of carbonyl (C=O) groups excluding carboxylic acids is 1. The predicted molar refractivity (Wildman–Crippen MR) is 123 cm³/mol. The molecular weight excluding hydrogens is 404 g/mol. The standard InChI is InChI=1S/C25H24N4OS/c30-25(22-13-16-4-1-2-7-21(16)31-22)29-20-6-3-5-15-12-17(8-9-18(15)20)23-19-10-11-26-24(19)28-14-27-23/h8-14,20H,1-7H2,(H,29,30)(H,26,27,28)/t20-/m1/s1. The molecule has 0 saturated carbocycles. The molecule has 1 atom stereocenters. The van der Waals surface area contributed by atoms with Crippen molar-refractivity contribution in [3.63, 3.8) is 0 Å². The maximum absolute atomic E-state index is 13.0. The number of aromatic amines is 1. The first kappa shape index (κ1) is 18.8. The van der Waals surface area contributed by atoms with E-state index in [1.54, 1.807) is 17.7 Å². The molecule has 4 aromatic rings. The summed E-state index contributed by atoms with van der Waals surface area (Å²) in [4.78, 5) is 27.3. The molecule has 0 aliphatic heterocycles. The minimum Gasteiger partial charge on any atom is -0.346 e. The predicted octanol–water partition coefficient (Wildman–Crippen LogP) is 5.37. The second-order valence-electron chi connectivity index (χ2n) is 8.56. The van der Waals surface area contributed by atoms with E-state index in [0.717, 1.165) is 59.3 Å². The Hall–Kier alpha value is -2.99. The highest BCUT2D eigenvalue weighted by atomic mass is 32.1. The number of thiophene rings is 1. The van der Waals surface area contributed by atoms with E-state index in [4.69, 9.17) is 0 Å². The summed E-state index contributed by atoms with van der Waals surface area (Å²) in [6, 6.07) is 10.8. The van der Waals surface area contributed by atoms with Crippen LogP contribution in [-0.2, 0) is 19.3 Å². The molecule has 6 rings (SSSR count). The molecule has 1 amide bonds. The number of benzene rings is 1. The first-order chi connectivity index (χ1) is 15.3. The van der Waals surface area contributed by atoms with Gasteiger partial charge in [0.05, 0.1) is 16.6 Å². The fraction of sp³-hybridized carbons (Fsp3) is 0.320. The van der Waals surface area contributed by atoms with Crippen molar-refractivity contribution < 1.29 is 4.79 Å². The van der Waals surface area contributed by atoms with Gasteiger partial charge in [0.2, 0.25) is 0 Å². The second kappa shape index (κ2) is 7.61. The van der Waals surface area contributed by atoms with Crippen LogP contribution < -0.4 is 5.32 Å². The zero-order valence-corrected chi connectivity index (χ0v) is 18.1. The summed E-state index contributed by atoms with van der Waals surface area (Å²) < 4.78 is 0. The maximum atomic E-state index is 13.0. The highest BCUT2D eigenvalue weighted by Crippen LogP contribution is 2.35. The Labute approximate surface area is 185 Å². The van der Waals surface area contributed by atoms with Gasteiger partial charge in [0.25, 0.3) is 5.91 Å². The third-order valence-electron chi connectivity index (χ3n) is 6.61. The molecule has 31 heavy (non-hydrogen) atoms. The van der Waals surface area contributed by atoms with Gasteiger partial charge in [-0.2, -0.15) is 0 Å². The molecule has 6 heteroatoms. The first-order valence-electron chi connectivity index (χ1n) is 11.1. The highest BCUT2D eigenvalue weighted by Gasteiger charge is 2.25. The summed E-state index contributed by atoms with van der Waals surface area (Å²) in [5.74, 6) is 0.0751. The van der Waals surface area contributed by atoms with Gasteiger partial charge in [0, 0.05) is 22.0 Å². The summed E-state index contributed by atoms with van der Waals surface area (Å²) in [5, 5.41) is 4.36. The molecular formula is C25H24N4OS. The van der Waals surface area contributed by atoms with Gasteiger partial charge in [-0.15, -0.1) is 11.3 Å². The van der Waals surface area contributed by atoms with Crippen LogP contribution in [0.15, 0.2) is 42.9 Å². The van der Waals surface area contributed by atoms with E-state index in [9.17, 15) is 4.79 Å². The van der Waals surface area contributed by atoms with Crippen molar-refractivity contribution in [1.29, 1.82) is 0 Å². The van der Waals surface area contributed by atoms with Crippen molar-refractivity contribution in [3.8, 4) is 11.3 Å². The number of hydrogen-bond acceptors (Lipinski definition) is 4. The van der Waals surface area contributed by atoms with Crippen LogP contribution in [0.1, 0.15) is 63.0 Å². The number of carbonyl (C=O) groups is 1. The van der Waals surface area contributed by atoms with Gasteiger partial charge in [-0.05, 0) is 79.8 Å². The number of hydrogen-bond donors (Lipinski definition) is 2. The van der Waals surface area contributed by atoms with Crippen molar-refractivity contribution in [2.45, 2.75) is 51.0 Å². The lowest BCUT2D eigenvalue weighted by Crippen LogP contribution is -2.30. The lowest BCUT2D eigenvalue weighted by atomic mass is 9.86. The van der Waals surface area contributed by atoms with Crippen molar-refractivity contribution in [3.05, 3.63) is 69.3 Å². The Morgan fingerprint density at radius 1 is 1.03 bits per heavy atom. The van der Waals surface area contributed by atoms with Crippen molar-refractivity contribution in [1.82, 2.24) is 20.3 Å². The molecule has 2 N–H and O–H groups in total. The Bertz CT molecular complexity index is 1260. The maximum Gasteiger partial charge on any atom is 0.261 e. The third-order valence-corrected chi connectivity index (χ3v) is 7.85. The van der Waals surface area contributed by atoms with E-state index in [0.29, 0.717) is 0 Å². The van der Waals surface area contributed by atoms with Crippen molar-refractivity contribution in [2.75, 3.05) is 0 Å². The lowest BCUT2D eigenvalue weighted by Gasteiger charge is -2.27. The molecule has 3 aromatic heterocycles. The van der Waals surface area contributed by atoms with E-state index >= 15 is 0 Å². The summed E-state index contributed by atoms with van der Waals surface area (Å²) in [6.45, 7) is 0. The van der Waals surface area contributed by atoms with E-state index in [1.165, 1.54) is 34.4 Å². The minimum atomic E-state index is 0.0714. The zero-order chi connectivity index (χ0) is 20.8. The van der Waals surface area contributed by atoms with Crippen molar-refractivity contribution >= 4 is 28.3 Å². The number of aromatic nitrogens is 3. The largest absolute Gasteiger partial charge is 0.346 e. The molecule has 2 aliphatic rings. The van der Waals surface area contributed by atoms with Gasteiger partial charge in [-0.1, -0.05) is 12.1 Å². The van der Waals surface area contributed by atoms with Gasteiger partial charge < -0.3 is 10.3 Å². The Morgan fingerprint density at radius 2 is 1.94 bits per heavy atom. The number of rotatable bonds is 3. The van der Waals surface area contributed by atoms with Gasteiger partial charge in [0.15, 0.2) is 0 Å². The number of amides is 1. The minimum absolute atomic E-state index is 0.0714. The molecule has 5 nitrogen and oxygen atoms in total. The Morgan fingerprint density at radius 3 is 2.87 bits per heavy atom. The van der Waals surface area contributed by atoms with Gasteiger partial charge >= 0.3 is 0 Å². The number of aryl methyl sites for hydroxylation is 3. The Balaban J connectivity index is 1.28. The second-order valence-corrected chi connectivity index (χ2v) is 9.70. The van der Waals surface area contributed by atoms with Crippen LogP contribution in [0.5, 0.6) is 0 Å². The third kappa shape index (κ3) is 3.35. The summed E-state index contributed by atoms with van der Waals surface area (Å²) >= 11 is 1.69. The average molecular weight is 429 g/mol. The van der Waals surface area contributed by atoms with E-state index in [1.807, 2.05) is 12.3 Å². The monoisotopic (exact) mass is 428 g/mol. The van der Waals surface area contributed by atoms with Crippen LogP contribution in [0.4, 0.5) is 0 Å². The molecule has 3 heterocycles. The van der Waals surface area contributed by atoms with Crippen LogP contribution in [0.3, 0.4) is 0 Å². The van der Waals surface area contributed by atoms with Crippen LogP contribution >= 0.6 is 11.3 Å². The number of H-pyrrole nitrogens is 1. The molecule has 0 unspecified atom stereocenters. The van der Waals surface area contributed by atoms with E-state index in [2.05, 4.69) is 44.5 Å². The highest BCUT2D eigenvalue weighted by molar-refractivity contribution is 7.14. The van der Waals surface area contributed by atoms with Gasteiger partial charge in [-0.25, -0.2) is 9.97 Å². The van der Waals surface area contributed by atoms with Crippen LogP contribution in [-0.4, -0.2) is 20.9 Å². The van der Waals surface area contributed by atoms with Gasteiger partial charge in [0.1, 0.15) is 12.0 Å². The molecule has 2 aliphatic carbocycles. The molecule has 1 aromatic carbocycles. The normalized spacial score (nSPS) is 17.9. The zero-order valence-electron chi connectivity index (χ0n) is 17.3. The summed E-state index contributed by atoms with van der Waals surface area (Å²) in [7, 11) is 0. The van der Waals surface area contributed by atoms with E-state index < -0.39 is 0 Å². The fourth-order valence-electron chi connectivity index (χ4n) is 5.05. The number of nitrogens with zero attached hydrogens (tertiary/aromatic N) is 2. The topological polar surface area (TPSA) is 70.7 Å². The van der Waals surface area contributed by atoms with Crippen molar-refractivity contribution in [2.24, 2.45) is 0 Å². The van der Waals surface area contributed by atoms with Crippen LogP contribution in [0.2, 0.25) is 0 Å². The molecule has 0 spiro atoms. The van der Waals surface area contributed by atoms with Crippen LogP contribution in [0, 0.1) is 0 Å². The summed E-state index contributed by atoms with van der Waals surface area (Å²) in [5.41, 5.74) is 6.83. The molecule has 0 fully saturated rings. The van der Waals surface area contributed by atoms with E-state index in [-0.39, 0.29) is 11.9 Å². The molecule has 0 radical (unpaired) electrons. The molecule has 156 valence electrons. The first-order valence-corrected chi connectivity index (χ1v) is 11.9. The summed E-state index contributed by atoms with van der Waals surface area (Å²) in [6.07, 6.45) is 11.3. The number of fused-ring (bicyclic) bond motifs is 3. The SMILES string of the molecule is O=C(N[C@@H]1CCCc2cc(-c3ncnc4[nH]ccc34)ccc21)c1cc2c(s1)CCCC2. The number of nitrogens with one attached hydrogen (secondary N) is 2. The molecule has 0 saturated heterocycles. The lowest BCUT2D eigenvalue weighted by molar-refractivity contribution is 0.0937. The van der Waals surface area contributed by atoms with Gasteiger partial charge in [-0.3, -0.25) is 4.79 Å². The van der Waals surface area contributed by atoms with Crippen LogP contribution in [0.25, 0.3) is 22.3 Å². The smallest absolute Gasteiger partial charge is 0.261 e. The fourth-order valence-corrected chi connectivity index (χ4v) is 6.20. The Kier molecular flexibility index (Phi) is 4.60. The average Bonchev–Trinajstić information content (AvgIpc) is 3.46. The molecule has 0 bridgehead atoms.